The minimum Gasteiger partial charge on any atom is -0.365 e. The van der Waals surface area contributed by atoms with E-state index in [-0.39, 0.29) is 25.8 Å². The lowest BCUT2D eigenvalue weighted by molar-refractivity contribution is -0.0472. The van der Waals surface area contributed by atoms with Crippen LogP contribution in [0.3, 0.4) is 0 Å². The number of ether oxygens (including phenoxy) is 1. The second-order valence-electron chi connectivity index (χ2n) is 3.77. The second kappa shape index (κ2) is 6.36. The molecular formula is C8H16FO6PS. The Hall–Kier alpha value is 0.150. The molecule has 1 saturated heterocycles. The third-order valence-corrected chi connectivity index (χ3v) is 4.18. The molecule has 1 unspecified atom stereocenters. The fourth-order valence-electron chi connectivity index (χ4n) is 1.27. The van der Waals surface area contributed by atoms with Gasteiger partial charge in [-0.3, -0.25) is 13.2 Å². The van der Waals surface area contributed by atoms with Gasteiger partial charge in [-0.25, -0.2) is 8.77 Å². The molecule has 1 aliphatic heterocycles. The van der Waals surface area contributed by atoms with Crippen LogP contribution >= 0.6 is 7.91 Å². The van der Waals surface area contributed by atoms with Crippen LogP contribution in [0, 0.1) is 5.41 Å². The van der Waals surface area contributed by atoms with Gasteiger partial charge in [0.2, 0.25) is 0 Å². The maximum absolute atomic E-state index is 12.9. The highest BCUT2D eigenvalue weighted by Crippen LogP contribution is 2.55. The third-order valence-electron chi connectivity index (χ3n) is 2.57. The summed E-state index contributed by atoms with van der Waals surface area (Å²) in [6.07, 6.45) is 0.604. The summed E-state index contributed by atoms with van der Waals surface area (Å²) in [5.41, 5.74) is -0.558. The van der Waals surface area contributed by atoms with Gasteiger partial charge in [0.05, 0.1) is 26.9 Å². The summed E-state index contributed by atoms with van der Waals surface area (Å²) in [5, 5.41) is 0. The molecule has 0 amide bonds. The van der Waals surface area contributed by atoms with Crippen LogP contribution in [-0.2, 0) is 33.6 Å². The van der Waals surface area contributed by atoms with Crippen molar-refractivity contribution in [1.82, 2.24) is 0 Å². The van der Waals surface area contributed by atoms with Crippen LogP contribution in [0.1, 0.15) is 13.3 Å². The van der Waals surface area contributed by atoms with Crippen LogP contribution in [0.15, 0.2) is 0 Å². The molecule has 0 N–H and O–H groups in total. The lowest BCUT2D eigenvalue weighted by Gasteiger charge is -2.35. The summed E-state index contributed by atoms with van der Waals surface area (Å²) in [6, 6.07) is 0. The summed E-state index contributed by atoms with van der Waals surface area (Å²) >= 11 is -1.50. The molecular weight excluding hydrogens is 274 g/mol. The summed E-state index contributed by atoms with van der Waals surface area (Å²) in [4.78, 5) is 0. The molecule has 1 fully saturated rings. The van der Waals surface area contributed by atoms with Gasteiger partial charge in [-0.05, 0) is 6.42 Å². The Labute approximate surface area is 102 Å². The van der Waals surface area contributed by atoms with E-state index < -0.39 is 24.4 Å². The summed E-state index contributed by atoms with van der Waals surface area (Å²) in [7, 11) is -3.07. The van der Waals surface area contributed by atoms with Crippen LogP contribution in [0.25, 0.3) is 0 Å². The molecule has 0 aromatic rings. The van der Waals surface area contributed by atoms with Crippen LogP contribution in [-0.4, -0.2) is 37.1 Å². The van der Waals surface area contributed by atoms with Gasteiger partial charge in [-0.1, -0.05) is 6.92 Å². The fourth-order valence-corrected chi connectivity index (χ4v) is 2.52. The van der Waals surface area contributed by atoms with E-state index >= 15 is 0 Å². The molecule has 1 atom stereocenters. The average molecular weight is 290 g/mol. The van der Waals surface area contributed by atoms with Gasteiger partial charge in [0.15, 0.2) is 11.1 Å². The van der Waals surface area contributed by atoms with Crippen molar-refractivity contribution in [3.8, 4) is 0 Å². The molecule has 0 aromatic carbocycles. The van der Waals surface area contributed by atoms with Gasteiger partial charge in [0.1, 0.15) is 5.94 Å². The SMILES string of the molecule is CCC1(COCS(=O)OC)COP(=O)(F)OC1. The maximum Gasteiger partial charge on any atom is 0.513 e. The highest BCUT2D eigenvalue weighted by molar-refractivity contribution is 7.79. The van der Waals surface area contributed by atoms with Crippen LogP contribution in [0.5, 0.6) is 0 Å². The Morgan fingerprint density at radius 3 is 2.53 bits per heavy atom. The van der Waals surface area contributed by atoms with Crippen molar-refractivity contribution in [3.63, 3.8) is 0 Å². The Morgan fingerprint density at radius 1 is 1.47 bits per heavy atom. The van der Waals surface area contributed by atoms with Crippen LogP contribution in [0.4, 0.5) is 4.20 Å². The standard InChI is InChI=1S/C8H16FO6PS/c1-3-8(4-13-7-17(11)12-2)5-14-16(9,10)15-6-8/h3-7H2,1-2H3. The van der Waals surface area contributed by atoms with E-state index in [2.05, 4.69) is 13.2 Å². The van der Waals surface area contributed by atoms with Crippen molar-refractivity contribution >= 4 is 19.0 Å². The molecule has 1 rings (SSSR count). The Kier molecular flexibility index (Phi) is 5.69. The molecule has 0 bridgehead atoms. The topological polar surface area (TPSA) is 71.1 Å². The van der Waals surface area contributed by atoms with Crippen LogP contribution in [0.2, 0.25) is 0 Å². The van der Waals surface area contributed by atoms with Gasteiger partial charge >= 0.3 is 7.91 Å². The Morgan fingerprint density at radius 2 is 2.06 bits per heavy atom. The van der Waals surface area contributed by atoms with Gasteiger partial charge in [-0.15, -0.1) is 4.20 Å². The monoisotopic (exact) mass is 290 g/mol. The van der Waals surface area contributed by atoms with Gasteiger partial charge in [-0.2, -0.15) is 0 Å². The Bertz CT molecular complexity index is 313. The zero-order chi connectivity index (χ0) is 12.9. The summed E-state index contributed by atoms with van der Waals surface area (Å²) in [5.74, 6) is -0.0778. The van der Waals surface area contributed by atoms with E-state index in [1.54, 1.807) is 0 Å². The number of hydrogen-bond donors (Lipinski definition) is 0. The quantitative estimate of drug-likeness (QED) is 0.695. The van der Waals surface area contributed by atoms with Crippen molar-refractivity contribution in [2.24, 2.45) is 5.41 Å². The van der Waals surface area contributed by atoms with E-state index in [1.165, 1.54) is 7.11 Å². The zero-order valence-corrected chi connectivity index (χ0v) is 11.4. The van der Waals surface area contributed by atoms with E-state index in [9.17, 15) is 13.0 Å². The minimum absolute atomic E-state index is 0.0447. The predicted molar refractivity (Wildman–Crippen MR) is 59.3 cm³/mol. The molecule has 0 radical (unpaired) electrons. The molecule has 0 aromatic heterocycles. The van der Waals surface area contributed by atoms with Crippen molar-refractivity contribution < 1.29 is 30.9 Å². The highest BCUT2D eigenvalue weighted by Gasteiger charge is 2.42. The normalized spacial score (nSPS) is 35.7. The van der Waals surface area contributed by atoms with Crippen molar-refractivity contribution in [2.75, 3.05) is 32.9 Å². The number of halogens is 1. The zero-order valence-electron chi connectivity index (χ0n) is 9.72. The van der Waals surface area contributed by atoms with Crippen molar-refractivity contribution in [3.05, 3.63) is 0 Å². The smallest absolute Gasteiger partial charge is 0.365 e. The Balaban J connectivity index is 2.43. The van der Waals surface area contributed by atoms with Gasteiger partial charge < -0.3 is 4.74 Å². The minimum atomic E-state index is -4.38. The lowest BCUT2D eigenvalue weighted by Crippen LogP contribution is -2.39. The molecule has 102 valence electrons. The third kappa shape index (κ3) is 4.73. The first kappa shape index (κ1) is 15.2. The van der Waals surface area contributed by atoms with Crippen molar-refractivity contribution in [2.45, 2.75) is 13.3 Å². The molecule has 1 heterocycles. The summed E-state index contributed by atoms with van der Waals surface area (Å²) in [6.45, 7) is 1.95. The molecule has 0 saturated carbocycles. The largest absolute Gasteiger partial charge is 0.513 e. The highest BCUT2D eigenvalue weighted by atomic mass is 32.2. The lowest BCUT2D eigenvalue weighted by atomic mass is 9.88. The van der Waals surface area contributed by atoms with Crippen LogP contribution < -0.4 is 0 Å². The molecule has 6 nitrogen and oxygen atoms in total. The first-order valence-corrected chi connectivity index (χ1v) is 7.70. The second-order valence-corrected chi connectivity index (χ2v) is 6.32. The average Bonchev–Trinajstić information content (AvgIpc) is 2.31. The van der Waals surface area contributed by atoms with E-state index in [0.717, 1.165) is 0 Å². The van der Waals surface area contributed by atoms with Crippen molar-refractivity contribution in [1.29, 1.82) is 0 Å². The first-order valence-electron chi connectivity index (χ1n) is 5.02. The van der Waals surface area contributed by atoms with Gasteiger partial charge in [0, 0.05) is 5.41 Å². The molecule has 17 heavy (non-hydrogen) atoms. The van der Waals surface area contributed by atoms with E-state index in [1.807, 2.05) is 6.92 Å². The number of rotatable bonds is 6. The summed E-state index contributed by atoms with van der Waals surface area (Å²) < 4.78 is 53.4. The maximum atomic E-state index is 12.9. The van der Waals surface area contributed by atoms with Gasteiger partial charge in [0.25, 0.3) is 0 Å². The predicted octanol–water partition coefficient (Wildman–Crippen LogP) is 1.79. The molecule has 0 spiro atoms. The molecule has 0 aliphatic carbocycles. The molecule has 9 heteroatoms. The first-order chi connectivity index (χ1) is 7.93. The number of hydrogen-bond acceptors (Lipinski definition) is 6. The van der Waals surface area contributed by atoms with E-state index in [4.69, 9.17) is 4.74 Å². The van der Waals surface area contributed by atoms with E-state index in [0.29, 0.717) is 6.42 Å². The molecule has 1 aliphatic rings. The fraction of sp³-hybridized carbons (Fsp3) is 1.00.